The first-order valence-corrected chi connectivity index (χ1v) is 6.02. The van der Waals surface area contributed by atoms with Gasteiger partial charge in [-0.3, -0.25) is 10.1 Å². The second-order valence-corrected chi connectivity index (χ2v) is 4.74. The van der Waals surface area contributed by atoms with Crippen molar-refractivity contribution in [3.05, 3.63) is 61.6 Å². The van der Waals surface area contributed by atoms with Crippen molar-refractivity contribution in [1.29, 1.82) is 0 Å². The zero-order chi connectivity index (χ0) is 13.3. The smallest absolute Gasteiger partial charge is 0.258 e. The Morgan fingerprint density at radius 3 is 2.06 bits per heavy atom. The Morgan fingerprint density at radius 2 is 1.56 bits per heavy atom. The molecule has 0 saturated heterocycles. The maximum atomic E-state index is 10.6. The lowest BCUT2D eigenvalue weighted by Gasteiger charge is -2.08. The van der Waals surface area contributed by atoms with Gasteiger partial charge < -0.3 is 0 Å². The molecule has 0 bridgehead atoms. The molecule has 0 aliphatic carbocycles. The van der Waals surface area contributed by atoms with E-state index < -0.39 is 4.92 Å². The van der Waals surface area contributed by atoms with Gasteiger partial charge in [-0.1, -0.05) is 40.9 Å². The summed E-state index contributed by atoms with van der Waals surface area (Å²) in [6.07, 6.45) is 0. The Bertz CT molecular complexity index is 608. The number of nitro groups is 1. The Morgan fingerprint density at radius 1 is 0.944 bits per heavy atom. The molecule has 3 nitrogen and oxygen atoms in total. The third-order valence-electron chi connectivity index (χ3n) is 2.40. The van der Waals surface area contributed by atoms with Gasteiger partial charge >= 0.3 is 0 Å². The average molecular weight is 303 g/mol. The van der Waals surface area contributed by atoms with Crippen LogP contribution in [-0.4, -0.2) is 4.92 Å². The van der Waals surface area contributed by atoms with Crippen molar-refractivity contribution in [2.45, 2.75) is 0 Å². The Kier molecular flexibility index (Phi) is 3.76. The predicted octanol–water partition coefficient (Wildman–Crippen LogP) is 5.22. The van der Waals surface area contributed by atoms with Gasteiger partial charge in [-0.2, -0.15) is 0 Å². The van der Waals surface area contributed by atoms with E-state index in [-0.39, 0.29) is 10.7 Å². The van der Waals surface area contributed by atoms with Crippen LogP contribution in [0, 0.1) is 10.1 Å². The monoisotopic (exact) mass is 301 g/mol. The lowest BCUT2D eigenvalue weighted by molar-refractivity contribution is -0.384. The van der Waals surface area contributed by atoms with Crippen LogP contribution in [0.4, 0.5) is 5.69 Å². The number of nitro benzene ring substituents is 1. The number of benzene rings is 2. The van der Waals surface area contributed by atoms with Crippen LogP contribution < -0.4 is 0 Å². The lowest BCUT2D eigenvalue weighted by Crippen LogP contribution is -1.89. The minimum atomic E-state index is -0.510. The van der Waals surface area contributed by atoms with Crippen LogP contribution in [-0.2, 0) is 0 Å². The van der Waals surface area contributed by atoms with Crippen molar-refractivity contribution in [3.8, 4) is 11.1 Å². The van der Waals surface area contributed by atoms with Gasteiger partial charge in [0.25, 0.3) is 5.69 Å². The van der Waals surface area contributed by atoms with Crippen LogP contribution >= 0.6 is 34.8 Å². The van der Waals surface area contributed by atoms with E-state index in [4.69, 9.17) is 34.8 Å². The molecule has 2 aromatic rings. The third-order valence-corrected chi connectivity index (χ3v) is 3.34. The highest BCUT2D eigenvalue weighted by atomic mass is 35.5. The van der Waals surface area contributed by atoms with Crippen molar-refractivity contribution < 1.29 is 4.92 Å². The normalized spacial score (nSPS) is 10.4. The molecule has 0 aliphatic rings. The molecule has 0 atom stereocenters. The number of halogens is 3. The minimum Gasteiger partial charge on any atom is -0.258 e. The van der Waals surface area contributed by atoms with Crippen molar-refractivity contribution in [2.24, 2.45) is 0 Å². The van der Waals surface area contributed by atoms with Crippen LogP contribution in [0.3, 0.4) is 0 Å². The van der Waals surface area contributed by atoms with E-state index >= 15 is 0 Å². The number of rotatable bonds is 2. The quantitative estimate of drug-likeness (QED) is 0.563. The van der Waals surface area contributed by atoms with Crippen molar-refractivity contribution >= 4 is 40.5 Å². The zero-order valence-electron chi connectivity index (χ0n) is 8.86. The number of hydrogen-bond donors (Lipinski definition) is 0. The van der Waals surface area contributed by atoms with E-state index in [1.807, 2.05) is 0 Å². The molecule has 6 heteroatoms. The molecule has 0 spiro atoms. The molecular formula is C12H6Cl3NO2. The fourth-order valence-electron chi connectivity index (χ4n) is 1.58. The van der Waals surface area contributed by atoms with E-state index in [2.05, 4.69) is 0 Å². The molecule has 0 N–H and O–H groups in total. The summed E-state index contributed by atoms with van der Waals surface area (Å²) >= 11 is 18.2. The van der Waals surface area contributed by atoms with Crippen molar-refractivity contribution in [2.75, 3.05) is 0 Å². The molecule has 0 saturated carbocycles. The number of nitrogens with zero attached hydrogens (tertiary/aromatic N) is 1. The summed E-state index contributed by atoms with van der Waals surface area (Å²) in [6, 6.07) is 9.25. The van der Waals surface area contributed by atoms with Gasteiger partial charge in [-0.25, -0.2) is 0 Å². The van der Waals surface area contributed by atoms with E-state index in [1.165, 1.54) is 18.2 Å². The van der Waals surface area contributed by atoms with Gasteiger partial charge in [0.1, 0.15) is 0 Å². The molecule has 0 fully saturated rings. The molecule has 0 aromatic heterocycles. The highest BCUT2D eigenvalue weighted by Gasteiger charge is 2.15. The van der Waals surface area contributed by atoms with E-state index in [1.54, 1.807) is 18.2 Å². The van der Waals surface area contributed by atoms with E-state index in [0.717, 1.165) is 0 Å². The summed E-state index contributed by atoms with van der Waals surface area (Å²) in [7, 11) is 0. The Hall–Kier alpha value is -1.29. The summed E-state index contributed by atoms with van der Waals surface area (Å²) in [6.45, 7) is 0. The molecule has 0 radical (unpaired) electrons. The summed E-state index contributed by atoms with van der Waals surface area (Å²) in [4.78, 5) is 10.1. The second kappa shape index (κ2) is 5.14. The van der Waals surface area contributed by atoms with Gasteiger partial charge in [-0.05, 0) is 18.2 Å². The molecule has 0 aliphatic heterocycles. The van der Waals surface area contributed by atoms with Gasteiger partial charge in [0.05, 0.1) is 9.95 Å². The van der Waals surface area contributed by atoms with Gasteiger partial charge in [0, 0.05) is 33.3 Å². The van der Waals surface area contributed by atoms with Crippen LogP contribution in [0.2, 0.25) is 15.1 Å². The number of non-ortho nitro benzene ring substituents is 1. The van der Waals surface area contributed by atoms with E-state index in [0.29, 0.717) is 21.2 Å². The summed E-state index contributed by atoms with van der Waals surface area (Å²) in [5, 5.41) is 11.8. The summed E-state index contributed by atoms with van der Waals surface area (Å²) in [5.41, 5.74) is 1.06. The molecule has 0 amide bonds. The largest absolute Gasteiger partial charge is 0.270 e. The van der Waals surface area contributed by atoms with Gasteiger partial charge in [0.2, 0.25) is 0 Å². The maximum Gasteiger partial charge on any atom is 0.270 e. The average Bonchev–Trinajstić information content (AvgIpc) is 2.30. The van der Waals surface area contributed by atoms with Crippen LogP contribution in [0.15, 0.2) is 36.4 Å². The predicted molar refractivity (Wildman–Crippen MR) is 73.6 cm³/mol. The molecule has 2 aromatic carbocycles. The third kappa shape index (κ3) is 2.43. The fourth-order valence-corrected chi connectivity index (χ4v) is 2.45. The molecule has 0 heterocycles. The lowest BCUT2D eigenvalue weighted by atomic mass is 10.1. The Balaban J connectivity index is 2.62. The maximum absolute atomic E-state index is 10.6. The summed E-state index contributed by atoms with van der Waals surface area (Å²) < 4.78 is 0. The van der Waals surface area contributed by atoms with Crippen LogP contribution in [0.5, 0.6) is 0 Å². The highest BCUT2D eigenvalue weighted by Crippen LogP contribution is 2.39. The molecule has 92 valence electrons. The van der Waals surface area contributed by atoms with E-state index in [9.17, 15) is 10.1 Å². The standard InChI is InChI=1S/C12H6Cl3NO2/c13-9-2-1-3-10(14)12(9)8-5-4-7(16(17)18)6-11(8)15/h1-6H. The topological polar surface area (TPSA) is 43.1 Å². The van der Waals surface area contributed by atoms with Crippen molar-refractivity contribution in [3.63, 3.8) is 0 Å². The van der Waals surface area contributed by atoms with Gasteiger partial charge in [0.15, 0.2) is 0 Å². The second-order valence-electron chi connectivity index (χ2n) is 3.52. The first kappa shape index (κ1) is 13.1. The molecule has 18 heavy (non-hydrogen) atoms. The SMILES string of the molecule is O=[N+]([O-])c1ccc(-c2c(Cl)cccc2Cl)c(Cl)c1. The summed E-state index contributed by atoms with van der Waals surface area (Å²) in [5.74, 6) is 0. The van der Waals surface area contributed by atoms with Crippen LogP contribution in [0.1, 0.15) is 0 Å². The molecule has 2 rings (SSSR count). The number of hydrogen-bond acceptors (Lipinski definition) is 2. The first-order valence-electron chi connectivity index (χ1n) is 4.89. The van der Waals surface area contributed by atoms with Crippen molar-refractivity contribution in [1.82, 2.24) is 0 Å². The minimum absolute atomic E-state index is 0.0769. The molecule has 0 unspecified atom stereocenters. The Labute approximate surface area is 118 Å². The molecular weight excluding hydrogens is 296 g/mol. The van der Waals surface area contributed by atoms with Crippen LogP contribution in [0.25, 0.3) is 11.1 Å². The highest BCUT2D eigenvalue weighted by molar-refractivity contribution is 6.41. The zero-order valence-corrected chi connectivity index (χ0v) is 11.1. The fraction of sp³-hybridized carbons (Fsp3) is 0. The first-order chi connectivity index (χ1) is 8.50. The van der Waals surface area contributed by atoms with Gasteiger partial charge in [-0.15, -0.1) is 0 Å².